The van der Waals surface area contributed by atoms with E-state index in [1.807, 2.05) is 24.3 Å². The zero-order valence-electron chi connectivity index (χ0n) is 17.5. The maximum Gasteiger partial charge on any atom is 0.277 e. The van der Waals surface area contributed by atoms with E-state index in [1.165, 1.54) is 5.56 Å². The van der Waals surface area contributed by atoms with E-state index in [0.717, 1.165) is 0 Å². The molecule has 1 heterocycles. The Balaban J connectivity index is 1.89. The summed E-state index contributed by atoms with van der Waals surface area (Å²) in [5.41, 5.74) is 4.95. The molecule has 1 N–H and O–H groups in total. The summed E-state index contributed by atoms with van der Waals surface area (Å²) < 4.78 is 11.0. The van der Waals surface area contributed by atoms with E-state index >= 15 is 0 Å². The van der Waals surface area contributed by atoms with Crippen LogP contribution in [0.3, 0.4) is 0 Å². The molecule has 0 aliphatic carbocycles. The van der Waals surface area contributed by atoms with Crippen molar-refractivity contribution in [3.05, 3.63) is 53.0 Å². The molecule has 7 heteroatoms. The molecule has 156 valence electrons. The van der Waals surface area contributed by atoms with E-state index in [4.69, 9.17) is 9.15 Å². The fourth-order valence-corrected chi connectivity index (χ4v) is 2.69. The van der Waals surface area contributed by atoms with Crippen molar-refractivity contribution in [2.45, 2.75) is 52.9 Å². The quantitative estimate of drug-likeness (QED) is 0.542. The molecule has 0 saturated carbocycles. The van der Waals surface area contributed by atoms with Gasteiger partial charge in [-0.25, -0.2) is 5.43 Å². The number of carbonyl (C=O) groups is 2. The number of furan rings is 1. The van der Waals surface area contributed by atoms with Gasteiger partial charge in [-0.05, 0) is 49.4 Å². The van der Waals surface area contributed by atoms with Crippen molar-refractivity contribution in [2.24, 2.45) is 5.10 Å². The highest BCUT2D eigenvalue weighted by Crippen LogP contribution is 2.24. The van der Waals surface area contributed by atoms with Crippen LogP contribution in [0.5, 0.6) is 5.75 Å². The number of ether oxygens (including phenoxy) is 1. The van der Waals surface area contributed by atoms with E-state index in [1.54, 1.807) is 19.9 Å². The number of hydrogen-bond acceptors (Lipinski definition) is 6. The molecule has 0 spiro atoms. The molecular formula is C22H27N2O5-. The van der Waals surface area contributed by atoms with Crippen molar-refractivity contribution in [3.8, 4) is 5.75 Å². The molecule has 2 aromatic rings. The number of nitrogens with one attached hydrogen (secondary N) is 1. The first kappa shape index (κ1) is 22.2. The first-order valence-corrected chi connectivity index (χ1v) is 9.42. The minimum atomic E-state index is -1.13. The summed E-state index contributed by atoms with van der Waals surface area (Å²) in [6.45, 7) is 9.71. The molecule has 1 amide bonds. The van der Waals surface area contributed by atoms with Crippen molar-refractivity contribution < 1.29 is 23.8 Å². The number of rotatable bonds is 8. The van der Waals surface area contributed by atoms with Crippen molar-refractivity contribution >= 4 is 17.6 Å². The Morgan fingerprint density at radius 1 is 1.21 bits per heavy atom. The number of carboxylic acids is 1. The molecule has 0 saturated heterocycles. The van der Waals surface area contributed by atoms with Crippen LogP contribution in [0.4, 0.5) is 0 Å². The molecule has 7 nitrogen and oxygen atoms in total. The largest absolute Gasteiger partial charge is 0.550 e. The third-order valence-corrected chi connectivity index (χ3v) is 4.37. The van der Waals surface area contributed by atoms with Crippen molar-refractivity contribution in [2.75, 3.05) is 6.61 Å². The van der Waals surface area contributed by atoms with Gasteiger partial charge < -0.3 is 19.1 Å². The van der Waals surface area contributed by atoms with Gasteiger partial charge in [0.15, 0.2) is 6.61 Å². The summed E-state index contributed by atoms with van der Waals surface area (Å²) in [4.78, 5) is 22.6. The highest BCUT2D eigenvalue weighted by Gasteiger charge is 2.13. The number of amides is 1. The minimum absolute atomic E-state index is 0.0533. The fourth-order valence-electron chi connectivity index (χ4n) is 2.69. The highest BCUT2D eigenvalue weighted by molar-refractivity contribution is 6.00. The third kappa shape index (κ3) is 6.78. The Morgan fingerprint density at radius 3 is 2.45 bits per heavy atom. The standard InChI is InChI=1S/C22H28N2O5/c1-14(19-12-18(29-15(19)2)10-11-21(26)27)23-24-20(25)13-28-17-8-6-16(7-9-17)22(3,4)5/h6-9,12H,10-11,13H2,1-5H3,(H,24,25)(H,26,27)/p-1/b23-14-. The van der Waals surface area contributed by atoms with Crippen LogP contribution in [0, 0.1) is 6.92 Å². The molecule has 29 heavy (non-hydrogen) atoms. The number of carboxylic acid groups (broad SMARTS) is 1. The summed E-state index contributed by atoms with van der Waals surface area (Å²) in [5, 5.41) is 14.6. The van der Waals surface area contributed by atoms with Gasteiger partial charge in [-0.3, -0.25) is 4.79 Å². The maximum absolute atomic E-state index is 12.0. The van der Waals surface area contributed by atoms with Crippen LogP contribution in [0.25, 0.3) is 0 Å². The highest BCUT2D eigenvalue weighted by atomic mass is 16.5. The van der Waals surface area contributed by atoms with Crippen LogP contribution in [0.2, 0.25) is 0 Å². The summed E-state index contributed by atoms with van der Waals surface area (Å²) in [7, 11) is 0. The molecule has 2 rings (SSSR count). The maximum atomic E-state index is 12.0. The number of hydrogen-bond donors (Lipinski definition) is 1. The van der Waals surface area contributed by atoms with Gasteiger partial charge in [0.2, 0.25) is 0 Å². The molecule has 1 aromatic carbocycles. The Kier molecular flexibility index (Phi) is 7.20. The normalized spacial score (nSPS) is 12.0. The van der Waals surface area contributed by atoms with Crippen LogP contribution < -0.4 is 15.3 Å². The predicted octanol–water partition coefficient (Wildman–Crippen LogP) is 2.49. The van der Waals surface area contributed by atoms with Gasteiger partial charge >= 0.3 is 0 Å². The van der Waals surface area contributed by atoms with E-state index < -0.39 is 5.97 Å². The van der Waals surface area contributed by atoms with Crippen molar-refractivity contribution in [1.82, 2.24) is 5.43 Å². The Hall–Kier alpha value is -3.09. The van der Waals surface area contributed by atoms with Crippen molar-refractivity contribution in [3.63, 3.8) is 0 Å². The van der Waals surface area contributed by atoms with Gasteiger partial charge in [0, 0.05) is 18.0 Å². The monoisotopic (exact) mass is 399 g/mol. The minimum Gasteiger partial charge on any atom is -0.550 e. The second-order valence-corrected chi connectivity index (χ2v) is 7.85. The number of benzene rings is 1. The Morgan fingerprint density at radius 2 is 1.86 bits per heavy atom. The number of carbonyl (C=O) groups excluding carboxylic acids is 2. The van der Waals surface area contributed by atoms with Gasteiger partial charge in [0.25, 0.3) is 5.91 Å². The van der Waals surface area contributed by atoms with Gasteiger partial charge in [-0.2, -0.15) is 5.10 Å². The average Bonchev–Trinajstić information content (AvgIpc) is 3.03. The second kappa shape index (κ2) is 9.41. The lowest BCUT2D eigenvalue weighted by Gasteiger charge is -2.19. The molecule has 0 aliphatic heterocycles. The number of hydrazone groups is 1. The second-order valence-electron chi connectivity index (χ2n) is 7.85. The van der Waals surface area contributed by atoms with Crippen LogP contribution in [0.1, 0.15) is 56.8 Å². The van der Waals surface area contributed by atoms with Crippen LogP contribution in [-0.4, -0.2) is 24.2 Å². The molecule has 0 fully saturated rings. The van der Waals surface area contributed by atoms with Crippen molar-refractivity contribution in [1.29, 1.82) is 0 Å². The van der Waals surface area contributed by atoms with E-state index in [9.17, 15) is 14.7 Å². The first-order chi connectivity index (χ1) is 13.6. The zero-order valence-corrected chi connectivity index (χ0v) is 17.5. The Labute approximate surface area is 170 Å². The van der Waals surface area contributed by atoms with Crippen LogP contribution >= 0.6 is 0 Å². The average molecular weight is 399 g/mol. The van der Waals surface area contributed by atoms with Crippen LogP contribution in [0.15, 0.2) is 39.9 Å². The number of aliphatic carboxylic acids is 1. The predicted molar refractivity (Wildman–Crippen MR) is 108 cm³/mol. The molecule has 0 unspecified atom stereocenters. The van der Waals surface area contributed by atoms with Gasteiger partial charge in [0.1, 0.15) is 17.3 Å². The lowest BCUT2D eigenvalue weighted by Crippen LogP contribution is -2.25. The van der Waals surface area contributed by atoms with Crippen LogP contribution in [-0.2, 0) is 21.4 Å². The SMILES string of the molecule is C/C(=N/NC(=O)COc1ccc(C(C)(C)C)cc1)c1cc(CCC(=O)[O-])oc1C. The topological polar surface area (TPSA) is 104 Å². The first-order valence-electron chi connectivity index (χ1n) is 9.42. The lowest BCUT2D eigenvalue weighted by molar-refractivity contribution is -0.305. The number of aryl methyl sites for hydroxylation is 2. The Bertz CT molecular complexity index is 889. The van der Waals surface area contributed by atoms with E-state index in [0.29, 0.717) is 28.5 Å². The van der Waals surface area contributed by atoms with Gasteiger partial charge in [-0.1, -0.05) is 32.9 Å². The smallest absolute Gasteiger partial charge is 0.277 e. The molecule has 0 atom stereocenters. The summed E-state index contributed by atoms with van der Waals surface area (Å²) >= 11 is 0. The third-order valence-electron chi connectivity index (χ3n) is 4.37. The summed E-state index contributed by atoms with van der Waals surface area (Å²) in [5.74, 6) is 0.222. The number of nitrogens with zero attached hydrogens (tertiary/aromatic N) is 1. The van der Waals surface area contributed by atoms with E-state index in [-0.39, 0.29) is 30.8 Å². The molecule has 0 aliphatic rings. The molecule has 0 bridgehead atoms. The zero-order chi connectivity index (χ0) is 21.6. The molecule has 0 radical (unpaired) electrons. The fraction of sp³-hybridized carbons (Fsp3) is 0.409. The van der Waals surface area contributed by atoms with E-state index in [2.05, 4.69) is 31.3 Å². The summed E-state index contributed by atoms with van der Waals surface area (Å²) in [6, 6.07) is 9.36. The lowest BCUT2D eigenvalue weighted by atomic mass is 9.87. The molecular weight excluding hydrogens is 372 g/mol. The molecule has 1 aromatic heterocycles. The van der Waals surface area contributed by atoms with Gasteiger partial charge in [-0.15, -0.1) is 0 Å². The summed E-state index contributed by atoms with van der Waals surface area (Å²) in [6.07, 6.45) is 0.123. The van der Waals surface area contributed by atoms with Gasteiger partial charge in [0.05, 0.1) is 5.71 Å².